The number of carbonyl (C=O) groups excluding carboxylic acids is 3. The number of Topliss-reactive ketones (excluding diaryl/α,β-unsaturated/α-hetero) is 2. The van der Waals surface area contributed by atoms with Gasteiger partial charge in [0.15, 0.2) is 23.1 Å². The maximum absolute atomic E-state index is 13.8. The third-order valence-electron chi connectivity index (χ3n) is 8.44. The van der Waals surface area contributed by atoms with Gasteiger partial charge in [0.05, 0.1) is 13.1 Å². The second kappa shape index (κ2) is 10.5. The molecule has 0 unspecified atom stereocenters. The molecule has 2 aliphatic carbocycles. The van der Waals surface area contributed by atoms with Crippen LogP contribution in [0, 0.1) is 10.8 Å². The van der Waals surface area contributed by atoms with E-state index in [-0.39, 0.29) is 34.6 Å². The molecule has 0 saturated carbocycles. The lowest BCUT2D eigenvalue weighted by Gasteiger charge is -2.48. The zero-order valence-electron chi connectivity index (χ0n) is 24.8. The largest absolute Gasteiger partial charge is 0.545 e. The summed E-state index contributed by atoms with van der Waals surface area (Å²) in [6.07, 6.45) is 2.44. The van der Waals surface area contributed by atoms with Crippen LogP contribution in [0.15, 0.2) is 65.0 Å². The average molecular weight is 557 g/mol. The Hall–Kier alpha value is -3.87. The number of ether oxygens (including phenoxy) is 2. The first-order valence-electron chi connectivity index (χ1n) is 14.2. The summed E-state index contributed by atoms with van der Waals surface area (Å²) in [6, 6.07) is 12.0. The van der Waals surface area contributed by atoms with Crippen LogP contribution in [0.1, 0.15) is 87.7 Å². The highest BCUT2D eigenvalue weighted by atomic mass is 16.5. The lowest BCUT2D eigenvalue weighted by Crippen LogP contribution is -2.44. The summed E-state index contributed by atoms with van der Waals surface area (Å²) < 4.78 is 11.8. The number of aromatic carboxylic acids is 1. The Morgan fingerprint density at radius 2 is 1.44 bits per heavy atom. The zero-order chi connectivity index (χ0) is 29.7. The van der Waals surface area contributed by atoms with Crippen molar-refractivity contribution in [1.29, 1.82) is 0 Å². The van der Waals surface area contributed by atoms with E-state index in [0.29, 0.717) is 30.9 Å². The number of rotatable bonds is 7. The minimum Gasteiger partial charge on any atom is -0.545 e. The highest BCUT2D eigenvalue weighted by Gasteiger charge is 2.48. The molecule has 0 amide bonds. The van der Waals surface area contributed by atoms with E-state index in [9.17, 15) is 19.5 Å². The van der Waals surface area contributed by atoms with Crippen LogP contribution in [-0.4, -0.2) is 36.1 Å². The van der Waals surface area contributed by atoms with E-state index in [4.69, 9.17) is 9.47 Å². The van der Waals surface area contributed by atoms with E-state index in [2.05, 4.69) is 39.5 Å². The molecule has 0 radical (unpaired) electrons. The van der Waals surface area contributed by atoms with Crippen LogP contribution < -0.4 is 14.6 Å². The number of carboxylic acid groups (broad SMARTS) is 1. The van der Waals surface area contributed by atoms with Crippen LogP contribution in [0.25, 0.3) is 0 Å². The van der Waals surface area contributed by atoms with Crippen LogP contribution in [0.4, 0.5) is 0 Å². The number of hydrogen-bond donors (Lipinski definition) is 0. The second-order valence-corrected chi connectivity index (χ2v) is 13.0. The van der Waals surface area contributed by atoms with Gasteiger partial charge in [0.1, 0.15) is 6.61 Å². The Labute approximate surface area is 241 Å². The Kier molecular flexibility index (Phi) is 7.35. The monoisotopic (exact) mass is 556 g/mol. The van der Waals surface area contributed by atoms with Gasteiger partial charge >= 0.3 is 0 Å². The van der Waals surface area contributed by atoms with Gasteiger partial charge in [0.2, 0.25) is 0 Å². The molecule has 7 heteroatoms. The number of ketones is 2. The summed E-state index contributed by atoms with van der Waals surface area (Å²) in [5.74, 6) is -0.456. The molecule has 0 aromatic heterocycles. The molecule has 1 heterocycles. The van der Waals surface area contributed by atoms with Crippen LogP contribution >= 0.6 is 0 Å². The van der Waals surface area contributed by atoms with Crippen molar-refractivity contribution in [3.05, 3.63) is 81.7 Å². The smallest absolute Gasteiger partial charge is 0.162 e. The Balaban J connectivity index is 1.56. The maximum atomic E-state index is 13.8. The third kappa shape index (κ3) is 5.42. The van der Waals surface area contributed by atoms with Crippen molar-refractivity contribution in [3.63, 3.8) is 0 Å². The fraction of sp³-hybridized carbons (Fsp3) is 0.441. The second-order valence-electron chi connectivity index (χ2n) is 13.0. The average Bonchev–Trinajstić information content (AvgIpc) is 2.89. The van der Waals surface area contributed by atoms with Gasteiger partial charge in [-0.05, 0) is 59.4 Å². The molecule has 3 aliphatic rings. The zero-order valence-corrected chi connectivity index (χ0v) is 24.8. The minimum atomic E-state index is -1.23. The van der Waals surface area contributed by atoms with Crippen molar-refractivity contribution in [2.45, 2.75) is 72.8 Å². The summed E-state index contributed by atoms with van der Waals surface area (Å²) in [5, 5.41) is 11.0. The quantitative estimate of drug-likeness (QED) is 0.454. The number of allylic oxidation sites excluding steroid dienone is 4. The van der Waals surface area contributed by atoms with E-state index in [0.717, 1.165) is 46.5 Å². The lowest BCUT2D eigenvalue weighted by atomic mass is 9.63. The van der Waals surface area contributed by atoms with E-state index >= 15 is 0 Å². The van der Waals surface area contributed by atoms with Gasteiger partial charge < -0.3 is 24.3 Å². The van der Waals surface area contributed by atoms with Crippen molar-refractivity contribution in [3.8, 4) is 11.5 Å². The number of carbonyl (C=O) groups is 3. The Bertz CT molecular complexity index is 1420. The van der Waals surface area contributed by atoms with Gasteiger partial charge in [0, 0.05) is 47.8 Å². The van der Waals surface area contributed by atoms with Gasteiger partial charge in [0.25, 0.3) is 0 Å². The Morgan fingerprint density at radius 1 is 0.878 bits per heavy atom. The van der Waals surface area contributed by atoms with Gasteiger partial charge in [-0.2, -0.15) is 0 Å². The van der Waals surface area contributed by atoms with Crippen LogP contribution in [0.2, 0.25) is 0 Å². The van der Waals surface area contributed by atoms with Crippen molar-refractivity contribution >= 4 is 17.5 Å². The number of hydrogen-bond acceptors (Lipinski definition) is 7. The predicted molar refractivity (Wildman–Crippen MR) is 153 cm³/mol. The van der Waals surface area contributed by atoms with Crippen LogP contribution in [0.5, 0.6) is 11.5 Å². The van der Waals surface area contributed by atoms with Crippen LogP contribution in [-0.2, 0) is 16.2 Å². The van der Waals surface area contributed by atoms with E-state index < -0.39 is 11.9 Å². The molecule has 7 nitrogen and oxygen atoms in total. The number of methoxy groups -OCH3 is 1. The van der Waals surface area contributed by atoms with Gasteiger partial charge in [-0.3, -0.25) is 9.59 Å². The molecule has 5 rings (SSSR count). The molecule has 41 heavy (non-hydrogen) atoms. The van der Waals surface area contributed by atoms with E-state index in [1.165, 1.54) is 12.1 Å². The molecule has 0 N–H and O–H groups in total. The highest BCUT2D eigenvalue weighted by molar-refractivity contribution is 6.06. The van der Waals surface area contributed by atoms with Gasteiger partial charge in [-0.25, -0.2) is 0 Å². The maximum Gasteiger partial charge on any atom is 0.162 e. The Morgan fingerprint density at radius 3 is 1.93 bits per heavy atom. The standard InChI is InChI=1S/C34H39NO6/c1-7-35-23-15-33(2,3)17-25(36)30(23)29(31-24(35)16-34(4,5)18-26(31)37)22-12-13-27(28(14-22)40-6)41-19-20-8-10-21(11-9-20)32(38)39/h8-14,29H,7,15-19H2,1-6H3,(H,38,39)/p-1. The minimum absolute atomic E-state index is 0.100. The molecule has 0 spiro atoms. The fourth-order valence-electron chi connectivity index (χ4n) is 6.64. The molecular formula is C34H38NO6-. The normalized spacial score (nSPS) is 20.1. The summed E-state index contributed by atoms with van der Waals surface area (Å²) >= 11 is 0. The summed E-state index contributed by atoms with van der Waals surface area (Å²) in [4.78, 5) is 41.0. The predicted octanol–water partition coefficient (Wildman–Crippen LogP) is 5.34. The van der Waals surface area contributed by atoms with Gasteiger partial charge in [-0.15, -0.1) is 0 Å². The molecule has 0 bridgehead atoms. The van der Waals surface area contributed by atoms with Gasteiger partial charge in [-0.1, -0.05) is 58.0 Å². The first kappa shape index (κ1) is 28.7. The highest BCUT2D eigenvalue weighted by Crippen LogP contribution is 2.54. The van der Waals surface area contributed by atoms with Crippen molar-refractivity contribution < 1.29 is 29.0 Å². The van der Waals surface area contributed by atoms with Crippen LogP contribution in [0.3, 0.4) is 0 Å². The molecule has 2 aromatic rings. The SMILES string of the molecule is CCN1C2=C(C(=O)CC(C)(C)C2)C(c2ccc(OCc3ccc(C(=O)[O-])cc3)c(OC)c2)C2=C1CC(C)(C)CC2=O. The first-order chi connectivity index (χ1) is 19.3. The first-order valence-corrected chi connectivity index (χ1v) is 14.2. The molecule has 2 aromatic carbocycles. The molecule has 0 atom stereocenters. The van der Waals surface area contributed by atoms with Crippen molar-refractivity contribution in [1.82, 2.24) is 4.90 Å². The van der Waals surface area contributed by atoms with Crippen molar-refractivity contribution in [2.75, 3.05) is 13.7 Å². The van der Waals surface area contributed by atoms with E-state index in [1.807, 2.05) is 18.2 Å². The molecule has 0 saturated heterocycles. The topological polar surface area (TPSA) is 96.0 Å². The lowest BCUT2D eigenvalue weighted by molar-refractivity contribution is -0.255. The number of carboxylic acids is 1. The fourth-order valence-corrected chi connectivity index (χ4v) is 6.64. The summed E-state index contributed by atoms with van der Waals surface area (Å²) in [5.41, 5.74) is 4.98. The number of nitrogens with zero attached hydrogens (tertiary/aromatic N) is 1. The van der Waals surface area contributed by atoms with Crippen molar-refractivity contribution in [2.24, 2.45) is 10.8 Å². The third-order valence-corrected chi connectivity index (χ3v) is 8.44. The molecule has 0 fully saturated rings. The summed E-state index contributed by atoms with van der Waals surface area (Å²) in [6.45, 7) is 11.6. The van der Waals surface area contributed by atoms with E-state index in [1.54, 1.807) is 19.2 Å². The molecular weight excluding hydrogens is 518 g/mol. The number of benzene rings is 2. The molecule has 216 valence electrons. The molecule has 1 aliphatic heterocycles. The summed E-state index contributed by atoms with van der Waals surface area (Å²) in [7, 11) is 1.57.